The Bertz CT molecular complexity index is 862. The third-order valence-electron chi connectivity index (χ3n) is 7.73. The quantitative estimate of drug-likeness (QED) is 0.0398. The molecule has 0 bridgehead atoms. The Balaban J connectivity index is 4.58. The molecule has 268 valence electrons. The second-order valence-electron chi connectivity index (χ2n) is 12.1. The highest BCUT2D eigenvalue weighted by molar-refractivity contribution is 5.84. The second-order valence-corrected chi connectivity index (χ2v) is 12.1. The number of aliphatic hydroxyl groups is 3. The van der Waals surface area contributed by atoms with E-state index < -0.39 is 73.9 Å². The fourth-order valence-electron chi connectivity index (χ4n) is 4.63. The van der Waals surface area contributed by atoms with Crippen molar-refractivity contribution in [2.75, 3.05) is 26.4 Å². The van der Waals surface area contributed by atoms with Gasteiger partial charge in [-0.3, -0.25) is 14.4 Å². The normalized spacial score (nSPS) is 13.7. The fourth-order valence-corrected chi connectivity index (χ4v) is 4.63. The predicted molar refractivity (Wildman–Crippen MR) is 168 cm³/mol. The summed E-state index contributed by atoms with van der Waals surface area (Å²) in [6.07, 6.45) is 13.2. The van der Waals surface area contributed by atoms with Gasteiger partial charge in [0.25, 0.3) is 0 Å². The summed E-state index contributed by atoms with van der Waals surface area (Å²) in [5, 5.41) is 46.7. The van der Waals surface area contributed by atoms with Crippen LogP contribution < -0.4 is 0 Å². The summed E-state index contributed by atoms with van der Waals surface area (Å²) in [5.74, 6) is -5.66. The van der Waals surface area contributed by atoms with Crippen LogP contribution in [0.4, 0.5) is 0 Å². The van der Waals surface area contributed by atoms with Crippen LogP contribution in [0.1, 0.15) is 135 Å². The predicted octanol–water partition coefficient (Wildman–Crippen LogP) is 4.31. The van der Waals surface area contributed by atoms with Crippen LogP contribution in [0.3, 0.4) is 0 Å². The van der Waals surface area contributed by atoms with Crippen LogP contribution in [0.2, 0.25) is 0 Å². The zero-order valence-corrected chi connectivity index (χ0v) is 27.6. The lowest BCUT2D eigenvalue weighted by Gasteiger charge is -2.30. The third-order valence-corrected chi connectivity index (χ3v) is 7.73. The molecule has 13 nitrogen and oxygen atoms in total. The van der Waals surface area contributed by atoms with Gasteiger partial charge < -0.3 is 39.7 Å². The summed E-state index contributed by atoms with van der Waals surface area (Å²) < 4.78 is 15.4. The molecule has 0 saturated carbocycles. The minimum Gasteiger partial charge on any atom is -0.481 e. The number of carbonyl (C=O) groups is 5. The van der Waals surface area contributed by atoms with E-state index in [0.29, 0.717) is 6.42 Å². The molecule has 0 radical (unpaired) electrons. The lowest BCUT2D eigenvalue weighted by atomic mass is 9.92. The highest BCUT2D eigenvalue weighted by Gasteiger charge is 2.38. The van der Waals surface area contributed by atoms with Crippen molar-refractivity contribution in [3.05, 3.63) is 0 Å². The second kappa shape index (κ2) is 27.4. The maximum Gasteiger partial charge on any atom is 0.338 e. The van der Waals surface area contributed by atoms with Crippen LogP contribution in [0.5, 0.6) is 0 Å². The van der Waals surface area contributed by atoms with Crippen molar-refractivity contribution in [3.63, 3.8) is 0 Å². The molecule has 0 aromatic carbocycles. The van der Waals surface area contributed by atoms with Crippen molar-refractivity contribution in [3.8, 4) is 0 Å². The van der Waals surface area contributed by atoms with Crippen molar-refractivity contribution in [1.82, 2.24) is 0 Å². The topological polar surface area (TPSA) is 214 Å². The average Bonchev–Trinajstić information content (AvgIpc) is 3.03. The third kappa shape index (κ3) is 22.7. The van der Waals surface area contributed by atoms with Gasteiger partial charge in [0.1, 0.15) is 19.8 Å². The summed E-state index contributed by atoms with van der Waals surface area (Å²) in [6.45, 7) is -0.358. The lowest BCUT2D eigenvalue weighted by molar-refractivity contribution is -0.178. The van der Waals surface area contributed by atoms with Crippen LogP contribution >= 0.6 is 0 Å². The number of ether oxygens (including phenoxy) is 3. The molecule has 0 aromatic heterocycles. The number of hydrogen-bond donors (Lipinski definition) is 5. The first kappa shape index (κ1) is 43.2. The SMILES string of the molecule is CCCCCCCCCCCCCCCCCC(=O)OCC(CO)(COC(=O)CCCCC(=O)O)COC(=O)C(O)C(O)C(=O)O. The molecule has 46 heavy (non-hydrogen) atoms. The highest BCUT2D eigenvalue weighted by atomic mass is 16.6. The zero-order chi connectivity index (χ0) is 34.6. The highest BCUT2D eigenvalue weighted by Crippen LogP contribution is 2.21. The van der Waals surface area contributed by atoms with E-state index >= 15 is 0 Å². The molecule has 0 heterocycles. The van der Waals surface area contributed by atoms with Crippen molar-refractivity contribution < 1.29 is 63.7 Å². The van der Waals surface area contributed by atoms with Crippen LogP contribution in [0.15, 0.2) is 0 Å². The van der Waals surface area contributed by atoms with E-state index in [4.69, 9.17) is 24.4 Å². The van der Waals surface area contributed by atoms with Crippen LogP contribution in [0, 0.1) is 5.41 Å². The fraction of sp³-hybridized carbons (Fsp3) is 0.848. The number of carboxylic acids is 2. The number of aliphatic carboxylic acids is 2. The lowest BCUT2D eigenvalue weighted by Crippen LogP contribution is -2.46. The first-order valence-electron chi connectivity index (χ1n) is 16.9. The number of aliphatic hydroxyl groups excluding tert-OH is 3. The molecule has 0 aromatic rings. The number of carboxylic acid groups (broad SMARTS) is 2. The Morgan fingerprint density at radius 3 is 1.30 bits per heavy atom. The molecule has 0 amide bonds. The Morgan fingerprint density at radius 2 is 0.913 bits per heavy atom. The maximum absolute atomic E-state index is 12.4. The maximum atomic E-state index is 12.4. The summed E-state index contributed by atoms with van der Waals surface area (Å²) in [5.41, 5.74) is -1.63. The molecule has 3 atom stereocenters. The number of hydrogen-bond acceptors (Lipinski definition) is 11. The number of unbranched alkanes of at least 4 members (excludes halogenated alkanes) is 15. The van der Waals surface area contributed by atoms with E-state index in [1.54, 1.807) is 0 Å². The molecule has 0 aliphatic heterocycles. The Kier molecular flexibility index (Phi) is 25.7. The Hall–Kier alpha value is -2.77. The van der Waals surface area contributed by atoms with Crippen LogP contribution in [-0.4, -0.2) is 94.0 Å². The van der Waals surface area contributed by atoms with Gasteiger partial charge in [0.2, 0.25) is 0 Å². The molecule has 3 unspecified atom stereocenters. The van der Waals surface area contributed by atoms with E-state index in [2.05, 4.69) is 6.92 Å². The van der Waals surface area contributed by atoms with Crippen molar-refractivity contribution in [2.24, 2.45) is 5.41 Å². The van der Waals surface area contributed by atoms with Gasteiger partial charge in [-0.05, 0) is 19.3 Å². The average molecular weight is 663 g/mol. The largest absolute Gasteiger partial charge is 0.481 e. The minimum atomic E-state index is -2.45. The number of carbonyl (C=O) groups excluding carboxylic acids is 3. The van der Waals surface area contributed by atoms with E-state index in [9.17, 15) is 39.3 Å². The number of esters is 3. The van der Waals surface area contributed by atoms with Crippen LogP contribution in [0.25, 0.3) is 0 Å². The molecule has 0 rings (SSSR count). The van der Waals surface area contributed by atoms with Gasteiger partial charge in [0.05, 0.1) is 12.0 Å². The molecule has 0 aliphatic carbocycles. The van der Waals surface area contributed by atoms with E-state index in [1.165, 1.54) is 64.2 Å². The molecule has 0 fully saturated rings. The molecule has 0 aliphatic rings. The minimum absolute atomic E-state index is 0.114. The molecule has 0 saturated heterocycles. The van der Waals surface area contributed by atoms with Crippen LogP contribution in [-0.2, 0) is 38.2 Å². The smallest absolute Gasteiger partial charge is 0.338 e. The standard InChI is InChI=1S/C33H58O13/c1-2-3-4-5-6-7-8-9-10-11-12-13-14-15-16-20-27(37)44-23-33(22-34,24-45-28(38)21-18-17-19-26(35)36)25-46-32(43)30(40)29(39)31(41)42/h29-30,34,39-40H,2-25H2,1H3,(H,35,36)(H,41,42). The van der Waals surface area contributed by atoms with Gasteiger partial charge in [-0.2, -0.15) is 0 Å². The van der Waals surface area contributed by atoms with Crippen molar-refractivity contribution in [1.29, 1.82) is 0 Å². The van der Waals surface area contributed by atoms with Crippen molar-refractivity contribution in [2.45, 2.75) is 148 Å². The molecule has 5 N–H and O–H groups in total. The van der Waals surface area contributed by atoms with Gasteiger partial charge in [0, 0.05) is 19.3 Å². The van der Waals surface area contributed by atoms with E-state index in [-0.39, 0.29) is 32.1 Å². The van der Waals surface area contributed by atoms with E-state index in [1.807, 2.05) is 0 Å². The monoisotopic (exact) mass is 662 g/mol. The first-order valence-corrected chi connectivity index (χ1v) is 16.9. The zero-order valence-electron chi connectivity index (χ0n) is 27.6. The number of rotatable bonds is 31. The summed E-state index contributed by atoms with van der Waals surface area (Å²) in [4.78, 5) is 58.1. The molecule has 13 heteroatoms. The van der Waals surface area contributed by atoms with Gasteiger partial charge in [-0.1, -0.05) is 96.8 Å². The van der Waals surface area contributed by atoms with Gasteiger partial charge >= 0.3 is 29.8 Å². The molecular weight excluding hydrogens is 604 g/mol. The Labute approximate surface area is 273 Å². The first-order chi connectivity index (χ1) is 22.0. The summed E-state index contributed by atoms with van der Waals surface area (Å²) >= 11 is 0. The van der Waals surface area contributed by atoms with Crippen molar-refractivity contribution >= 4 is 29.8 Å². The molecular formula is C33H58O13. The summed E-state index contributed by atoms with van der Waals surface area (Å²) in [7, 11) is 0. The van der Waals surface area contributed by atoms with E-state index in [0.717, 1.165) is 25.7 Å². The Morgan fingerprint density at radius 1 is 0.543 bits per heavy atom. The van der Waals surface area contributed by atoms with Gasteiger partial charge in [-0.15, -0.1) is 0 Å². The van der Waals surface area contributed by atoms with Gasteiger partial charge in [0.15, 0.2) is 12.2 Å². The summed E-state index contributed by atoms with van der Waals surface area (Å²) in [6, 6.07) is 0. The molecule has 0 spiro atoms. The van der Waals surface area contributed by atoms with Gasteiger partial charge in [-0.25, -0.2) is 9.59 Å².